The first-order chi connectivity index (χ1) is 6.43. The molecule has 0 aliphatic carbocycles. The molecule has 1 heterocycles. The third-order valence-electron chi connectivity index (χ3n) is 1.75. The van der Waals surface area contributed by atoms with E-state index in [4.69, 9.17) is 10.5 Å². The van der Waals surface area contributed by atoms with E-state index in [2.05, 4.69) is 11.1 Å². The quantitative estimate of drug-likeness (QED) is 0.664. The number of hydrogen-bond acceptors (Lipinski definition) is 3. The van der Waals surface area contributed by atoms with Gasteiger partial charge in [0.2, 0.25) is 0 Å². The molecule has 2 N–H and O–H groups in total. The summed E-state index contributed by atoms with van der Waals surface area (Å²) in [6.07, 6.45) is 5.51. The molecule has 0 unspecified atom stereocenters. The van der Waals surface area contributed by atoms with Gasteiger partial charge >= 0.3 is 0 Å². The zero-order valence-electron chi connectivity index (χ0n) is 7.78. The lowest BCUT2D eigenvalue weighted by Gasteiger charge is -2.02. The van der Waals surface area contributed by atoms with Gasteiger partial charge in [0, 0.05) is 19.0 Å². The SMILES string of the molecule is NCCCOCCc1cccnc1. The van der Waals surface area contributed by atoms with Crippen molar-refractivity contribution >= 4 is 0 Å². The van der Waals surface area contributed by atoms with Crippen molar-refractivity contribution in [3.8, 4) is 0 Å². The Kier molecular flexibility index (Phi) is 5.13. The monoisotopic (exact) mass is 180 g/mol. The maximum atomic E-state index is 5.37. The second-order valence-corrected chi connectivity index (χ2v) is 2.87. The van der Waals surface area contributed by atoms with Crippen molar-refractivity contribution in [2.24, 2.45) is 5.73 Å². The summed E-state index contributed by atoms with van der Waals surface area (Å²) < 4.78 is 5.37. The molecule has 0 amide bonds. The van der Waals surface area contributed by atoms with Crippen molar-refractivity contribution in [3.63, 3.8) is 0 Å². The number of ether oxygens (including phenoxy) is 1. The minimum absolute atomic E-state index is 0.701. The predicted octanol–water partition coefficient (Wildman–Crippen LogP) is 0.989. The summed E-state index contributed by atoms with van der Waals surface area (Å²) in [4.78, 5) is 4.02. The van der Waals surface area contributed by atoms with Crippen LogP contribution < -0.4 is 5.73 Å². The van der Waals surface area contributed by atoms with Gasteiger partial charge in [0.05, 0.1) is 6.61 Å². The summed E-state index contributed by atoms with van der Waals surface area (Å²) in [5, 5.41) is 0. The Morgan fingerprint density at radius 2 is 2.31 bits per heavy atom. The number of pyridine rings is 1. The summed E-state index contributed by atoms with van der Waals surface area (Å²) in [5.41, 5.74) is 6.55. The summed E-state index contributed by atoms with van der Waals surface area (Å²) in [5.74, 6) is 0. The highest BCUT2D eigenvalue weighted by atomic mass is 16.5. The minimum atomic E-state index is 0.701. The van der Waals surface area contributed by atoms with Crippen LogP contribution in [0.4, 0.5) is 0 Å². The van der Waals surface area contributed by atoms with E-state index in [1.54, 1.807) is 6.20 Å². The van der Waals surface area contributed by atoms with Gasteiger partial charge in [-0.05, 0) is 31.0 Å². The zero-order valence-corrected chi connectivity index (χ0v) is 7.78. The summed E-state index contributed by atoms with van der Waals surface area (Å²) in [7, 11) is 0. The van der Waals surface area contributed by atoms with Gasteiger partial charge in [-0.2, -0.15) is 0 Å². The van der Waals surface area contributed by atoms with Gasteiger partial charge in [-0.3, -0.25) is 4.98 Å². The van der Waals surface area contributed by atoms with Gasteiger partial charge in [-0.1, -0.05) is 6.07 Å². The number of nitrogens with zero attached hydrogens (tertiary/aromatic N) is 1. The molecular formula is C10H16N2O. The molecular weight excluding hydrogens is 164 g/mol. The van der Waals surface area contributed by atoms with Crippen molar-refractivity contribution in [3.05, 3.63) is 30.1 Å². The molecule has 72 valence electrons. The molecule has 0 saturated carbocycles. The van der Waals surface area contributed by atoms with E-state index in [9.17, 15) is 0 Å². The Morgan fingerprint density at radius 1 is 1.38 bits per heavy atom. The minimum Gasteiger partial charge on any atom is -0.381 e. The van der Waals surface area contributed by atoms with Gasteiger partial charge in [0.15, 0.2) is 0 Å². The highest BCUT2D eigenvalue weighted by molar-refractivity contribution is 5.08. The van der Waals surface area contributed by atoms with Crippen LogP contribution in [0.25, 0.3) is 0 Å². The zero-order chi connectivity index (χ0) is 9.36. The molecule has 3 heteroatoms. The molecule has 1 rings (SSSR count). The van der Waals surface area contributed by atoms with E-state index in [1.165, 1.54) is 5.56 Å². The summed E-state index contributed by atoms with van der Waals surface area (Å²) >= 11 is 0. The third kappa shape index (κ3) is 4.60. The van der Waals surface area contributed by atoms with E-state index in [-0.39, 0.29) is 0 Å². The third-order valence-corrected chi connectivity index (χ3v) is 1.75. The first-order valence-electron chi connectivity index (χ1n) is 4.60. The number of hydrogen-bond donors (Lipinski definition) is 1. The molecule has 3 nitrogen and oxygen atoms in total. The average Bonchev–Trinajstić information content (AvgIpc) is 2.19. The molecule has 0 spiro atoms. The van der Waals surface area contributed by atoms with Crippen LogP contribution in [0.1, 0.15) is 12.0 Å². The predicted molar refractivity (Wildman–Crippen MR) is 52.4 cm³/mol. The molecule has 1 aromatic rings. The van der Waals surface area contributed by atoms with Crippen LogP contribution >= 0.6 is 0 Å². The van der Waals surface area contributed by atoms with E-state index in [0.29, 0.717) is 6.54 Å². The first kappa shape index (κ1) is 10.2. The van der Waals surface area contributed by atoms with Crippen LogP contribution in [0.3, 0.4) is 0 Å². The highest BCUT2D eigenvalue weighted by Crippen LogP contribution is 1.96. The molecule has 0 aliphatic rings. The summed E-state index contributed by atoms with van der Waals surface area (Å²) in [6, 6.07) is 3.99. The Balaban J connectivity index is 2.07. The highest BCUT2D eigenvalue weighted by Gasteiger charge is 1.91. The Morgan fingerprint density at radius 3 is 3.00 bits per heavy atom. The van der Waals surface area contributed by atoms with Crippen LogP contribution in [-0.2, 0) is 11.2 Å². The van der Waals surface area contributed by atoms with E-state index >= 15 is 0 Å². The standard InChI is InChI=1S/C10H16N2O/c11-5-2-7-13-8-4-10-3-1-6-12-9-10/h1,3,6,9H,2,4-5,7-8,11H2. The van der Waals surface area contributed by atoms with Crippen LogP contribution in [0.2, 0.25) is 0 Å². The van der Waals surface area contributed by atoms with Crippen molar-refractivity contribution in [1.29, 1.82) is 0 Å². The van der Waals surface area contributed by atoms with Crippen molar-refractivity contribution in [2.45, 2.75) is 12.8 Å². The van der Waals surface area contributed by atoms with Crippen LogP contribution in [0.5, 0.6) is 0 Å². The fraction of sp³-hybridized carbons (Fsp3) is 0.500. The van der Waals surface area contributed by atoms with Crippen molar-refractivity contribution < 1.29 is 4.74 Å². The Labute approximate surface area is 78.9 Å². The number of aromatic nitrogens is 1. The first-order valence-corrected chi connectivity index (χ1v) is 4.60. The lowest BCUT2D eigenvalue weighted by molar-refractivity contribution is 0.136. The van der Waals surface area contributed by atoms with E-state index in [0.717, 1.165) is 26.1 Å². The molecule has 0 saturated heterocycles. The van der Waals surface area contributed by atoms with Gasteiger partial charge in [0.25, 0.3) is 0 Å². The topological polar surface area (TPSA) is 48.1 Å². The molecule has 0 aromatic carbocycles. The Hall–Kier alpha value is -0.930. The normalized spacial score (nSPS) is 10.2. The largest absolute Gasteiger partial charge is 0.381 e. The Bertz CT molecular complexity index is 213. The fourth-order valence-electron chi connectivity index (χ4n) is 1.02. The maximum Gasteiger partial charge on any atom is 0.0507 e. The van der Waals surface area contributed by atoms with Crippen LogP contribution in [0, 0.1) is 0 Å². The molecule has 0 atom stereocenters. The number of nitrogens with two attached hydrogens (primary N) is 1. The van der Waals surface area contributed by atoms with Gasteiger partial charge in [-0.15, -0.1) is 0 Å². The van der Waals surface area contributed by atoms with Crippen LogP contribution in [0.15, 0.2) is 24.5 Å². The second kappa shape index (κ2) is 6.57. The number of rotatable bonds is 6. The average molecular weight is 180 g/mol. The van der Waals surface area contributed by atoms with Gasteiger partial charge < -0.3 is 10.5 Å². The van der Waals surface area contributed by atoms with E-state index < -0.39 is 0 Å². The molecule has 0 fully saturated rings. The molecule has 0 radical (unpaired) electrons. The lowest BCUT2D eigenvalue weighted by Crippen LogP contribution is -2.06. The van der Waals surface area contributed by atoms with Crippen molar-refractivity contribution in [1.82, 2.24) is 4.98 Å². The van der Waals surface area contributed by atoms with Gasteiger partial charge in [0.1, 0.15) is 0 Å². The van der Waals surface area contributed by atoms with E-state index in [1.807, 2.05) is 12.3 Å². The molecule has 0 bridgehead atoms. The summed E-state index contributed by atoms with van der Waals surface area (Å²) in [6.45, 7) is 2.22. The molecule has 1 aromatic heterocycles. The van der Waals surface area contributed by atoms with Crippen molar-refractivity contribution in [2.75, 3.05) is 19.8 Å². The smallest absolute Gasteiger partial charge is 0.0507 e. The lowest BCUT2D eigenvalue weighted by atomic mass is 10.2. The van der Waals surface area contributed by atoms with Crippen LogP contribution in [-0.4, -0.2) is 24.7 Å². The maximum absolute atomic E-state index is 5.37. The fourth-order valence-corrected chi connectivity index (χ4v) is 1.02. The molecule has 13 heavy (non-hydrogen) atoms. The van der Waals surface area contributed by atoms with Gasteiger partial charge in [-0.25, -0.2) is 0 Å². The second-order valence-electron chi connectivity index (χ2n) is 2.87. The molecule has 0 aliphatic heterocycles.